The summed E-state index contributed by atoms with van der Waals surface area (Å²) in [5, 5.41) is 3.49. The predicted molar refractivity (Wildman–Crippen MR) is 123 cm³/mol. The number of hydrogen-bond acceptors (Lipinski definition) is 4. The molecule has 0 spiro atoms. The molecule has 1 N–H and O–H groups in total. The largest absolute Gasteiger partial charge is 0.462 e. The lowest BCUT2D eigenvalue weighted by molar-refractivity contribution is -0.120. The summed E-state index contributed by atoms with van der Waals surface area (Å²) in [5.41, 5.74) is 2.84. The highest BCUT2D eigenvalue weighted by Gasteiger charge is 2.30. The summed E-state index contributed by atoms with van der Waals surface area (Å²) in [7, 11) is 0. The number of nitrogens with one attached hydrogen (secondary N) is 1. The van der Waals surface area contributed by atoms with E-state index in [-0.39, 0.29) is 11.9 Å². The average Bonchev–Trinajstić information content (AvgIpc) is 2.75. The van der Waals surface area contributed by atoms with Crippen LogP contribution in [-0.4, -0.2) is 23.5 Å². The number of amides is 1. The van der Waals surface area contributed by atoms with E-state index in [0.717, 1.165) is 16.7 Å². The second kappa shape index (κ2) is 9.31. The normalized spacial score (nSPS) is 11.1. The molecule has 3 rings (SSSR count). The van der Waals surface area contributed by atoms with E-state index in [4.69, 9.17) is 16.3 Å². The van der Waals surface area contributed by atoms with Gasteiger partial charge in [0.25, 0.3) is 0 Å². The van der Waals surface area contributed by atoms with Gasteiger partial charge in [-0.05, 0) is 69.2 Å². The molecule has 6 heteroatoms. The van der Waals surface area contributed by atoms with E-state index in [1.807, 2.05) is 45.0 Å². The highest BCUT2D eigenvalue weighted by molar-refractivity contribution is 6.30. The minimum Gasteiger partial charge on any atom is -0.462 e. The number of aromatic nitrogens is 1. The Morgan fingerprint density at radius 2 is 1.81 bits per heavy atom. The number of esters is 1. The molecule has 0 saturated heterocycles. The van der Waals surface area contributed by atoms with Crippen LogP contribution in [0.15, 0.2) is 60.7 Å². The van der Waals surface area contributed by atoms with Gasteiger partial charge in [0.05, 0.1) is 23.3 Å². The number of halogens is 1. The first-order valence-corrected chi connectivity index (χ1v) is 10.4. The van der Waals surface area contributed by atoms with Crippen molar-refractivity contribution in [3.63, 3.8) is 0 Å². The van der Waals surface area contributed by atoms with Crippen LogP contribution in [-0.2, 0) is 14.9 Å². The maximum absolute atomic E-state index is 13.0. The molecule has 160 valence electrons. The van der Waals surface area contributed by atoms with Crippen LogP contribution >= 0.6 is 11.6 Å². The molecule has 0 bridgehead atoms. The van der Waals surface area contributed by atoms with Crippen LogP contribution in [0.5, 0.6) is 0 Å². The SMILES string of the molecule is CCOC(=O)c1cccc(-c2nc(NC(=O)C(C)(C)c3cccc(Cl)c3)ccc2C)c1. The molecular formula is C25H25ClN2O3. The fraction of sp³-hybridized carbons (Fsp3) is 0.240. The van der Waals surface area contributed by atoms with Gasteiger partial charge in [0.1, 0.15) is 5.82 Å². The molecule has 2 aromatic carbocycles. The first-order valence-electron chi connectivity index (χ1n) is 10.0. The second-order valence-electron chi connectivity index (χ2n) is 7.75. The molecule has 5 nitrogen and oxygen atoms in total. The number of rotatable bonds is 6. The molecule has 31 heavy (non-hydrogen) atoms. The average molecular weight is 437 g/mol. The molecule has 0 aliphatic rings. The molecule has 0 atom stereocenters. The first-order chi connectivity index (χ1) is 14.7. The lowest BCUT2D eigenvalue weighted by Gasteiger charge is -2.24. The minimum atomic E-state index is -0.804. The predicted octanol–water partition coefficient (Wildman–Crippen LogP) is 5.80. The molecule has 0 unspecified atom stereocenters. The van der Waals surface area contributed by atoms with E-state index < -0.39 is 5.41 Å². The van der Waals surface area contributed by atoms with Gasteiger partial charge < -0.3 is 10.1 Å². The third-order valence-corrected chi connectivity index (χ3v) is 5.33. The third-order valence-electron chi connectivity index (χ3n) is 5.10. The topological polar surface area (TPSA) is 68.3 Å². The number of ether oxygens (including phenoxy) is 1. The summed E-state index contributed by atoms with van der Waals surface area (Å²) in [4.78, 5) is 29.8. The first kappa shape index (κ1) is 22.5. The van der Waals surface area contributed by atoms with E-state index in [2.05, 4.69) is 10.3 Å². The number of benzene rings is 2. The summed E-state index contributed by atoms with van der Waals surface area (Å²) in [6, 6.07) is 18.0. The standard InChI is InChI=1S/C25H25ClN2O3/c1-5-31-23(29)18-9-6-8-17(14-18)22-16(2)12-13-21(27-22)28-24(30)25(3,4)19-10-7-11-20(26)15-19/h6-15H,5H2,1-4H3,(H,27,28,30). The van der Waals surface area contributed by atoms with E-state index in [0.29, 0.717) is 28.7 Å². The summed E-state index contributed by atoms with van der Waals surface area (Å²) in [6.45, 7) is 7.69. The van der Waals surface area contributed by atoms with Crippen LogP contribution in [0, 0.1) is 6.92 Å². The van der Waals surface area contributed by atoms with E-state index in [9.17, 15) is 9.59 Å². The van der Waals surface area contributed by atoms with Crippen LogP contribution in [0.25, 0.3) is 11.3 Å². The fourth-order valence-corrected chi connectivity index (χ4v) is 3.37. The summed E-state index contributed by atoms with van der Waals surface area (Å²) >= 11 is 6.10. The van der Waals surface area contributed by atoms with Gasteiger partial charge in [-0.2, -0.15) is 0 Å². The van der Waals surface area contributed by atoms with Gasteiger partial charge >= 0.3 is 5.97 Å². The van der Waals surface area contributed by atoms with Crippen LogP contribution in [0.3, 0.4) is 0 Å². The number of carbonyl (C=O) groups excluding carboxylic acids is 2. The number of carbonyl (C=O) groups is 2. The van der Waals surface area contributed by atoms with Crippen molar-refractivity contribution in [1.82, 2.24) is 4.98 Å². The number of hydrogen-bond donors (Lipinski definition) is 1. The van der Waals surface area contributed by atoms with Crippen LogP contribution < -0.4 is 5.32 Å². The van der Waals surface area contributed by atoms with Gasteiger partial charge in [0.2, 0.25) is 5.91 Å². The van der Waals surface area contributed by atoms with E-state index in [1.54, 1.807) is 43.3 Å². The lowest BCUT2D eigenvalue weighted by atomic mass is 9.84. The van der Waals surface area contributed by atoms with Crippen molar-refractivity contribution in [2.45, 2.75) is 33.1 Å². The van der Waals surface area contributed by atoms with Crippen LogP contribution in [0.1, 0.15) is 42.3 Å². The number of nitrogens with zero attached hydrogens (tertiary/aromatic N) is 1. The fourth-order valence-electron chi connectivity index (χ4n) is 3.18. The molecule has 0 fully saturated rings. The molecular weight excluding hydrogens is 412 g/mol. The Labute approximate surface area is 187 Å². The van der Waals surface area contributed by atoms with Gasteiger partial charge in [-0.15, -0.1) is 0 Å². The zero-order valence-corrected chi connectivity index (χ0v) is 18.8. The maximum Gasteiger partial charge on any atom is 0.338 e. The third kappa shape index (κ3) is 5.12. The summed E-state index contributed by atoms with van der Waals surface area (Å²) in [6.07, 6.45) is 0. The number of anilines is 1. The van der Waals surface area contributed by atoms with Crippen LogP contribution in [0.4, 0.5) is 5.82 Å². The Balaban J connectivity index is 1.89. The number of pyridine rings is 1. The smallest absolute Gasteiger partial charge is 0.338 e. The van der Waals surface area contributed by atoms with Gasteiger partial charge in [-0.3, -0.25) is 4.79 Å². The zero-order chi connectivity index (χ0) is 22.6. The van der Waals surface area contributed by atoms with Crippen molar-refractivity contribution in [2.24, 2.45) is 0 Å². The van der Waals surface area contributed by atoms with Crippen molar-refractivity contribution in [2.75, 3.05) is 11.9 Å². The van der Waals surface area contributed by atoms with Gasteiger partial charge in [0.15, 0.2) is 0 Å². The van der Waals surface area contributed by atoms with Crippen LogP contribution in [0.2, 0.25) is 5.02 Å². The molecule has 0 aliphatic heterocycles. The minimum absolute atomic E-state index is 0.197. The second-order valence-corrected chi connectivity index (χ2v) is 8.19. The highest BCUT2D eigenvalue weighted by atomic mass is 35.5. The quantitative estimate of drug-likeness (QED) is 0.495. The highest BCUT2D eigenvalue weighted by Crippen LogP contribution is 2.28. The number of aryl methyl sites for hydroxylation is 1. The summed E-state index contributed by atoms with van der Waals surface area (Å²) in [5.74, 6) is -0.144. The van der Waals surface area contributed by atoms with Crippen molar-refractivity contribution >= 4 is 29.3 Å². The molecule has 1 amide bonds. The molecule has 1 aromatic heterocycles. The molecule has 0 saturated carbocycles. The molecule has 0 radical (unpaired) electrons. The maximum atomic E-state index is 13.0. The van der Waals surface area contributed by atoms with Gasteiger partial charge in [-0.25, -0.2) is 9.78 Å². The van der Waals surface area contributed by atoms with Crippen molar-refractivity contribution in [1.29, 1.82) is 0 Å². The van der Waals surface area contributed by atoms with E-state index >= 15 is 0 Å². The monoisotopic (exact) mass is 436 g/mol. The van der Waals surface area contributed by atoms with E-state index in [1.165, 1.54) is 0 Å². The molecule has 0 aliphatic carbocycles. The van der Waals surface area contributed by atoms with Crippen molar-refractivity contribution in [3.8, 4) is 11.3 Å². The van der Waals surface area contributed by atoms with Crippen molar-refractivity contribution < 1.29 is 14.3 Å². The van der Waals surface area contributed by atoms with Crippen molar-refractivity contribution in [3.05, 3.63) is 82.4 Å². The Morgan fingerprint density at radius 3 is 2.52 bits per heavy atom. The molecule has 1 heterocycles. The zero-order valence-electron chi connectivity index (χ0n) is 18.0. The van der Waals surface area contributed by atoms with Gasteiger partial charge in [0, 0.05) is 10.6 Å². The molecule has 3 aromatic rings. The Hall–Kier alpha value is -3.18. The Bertz CT molecular complexity index is 1130. The lowest BCUT2D eigenvalue weighted by Crippen LogP contribution is -2.35. The van der Waals surface area contributed by atoms with Gasteiger partial charge in [-0.1, -0.05) is 41.9 Å². The Kier molecular flexibility index (Phi) is 6.76. The summed E-state index contributed by atoms with van der Waals surface area (Å²) < 4.78 is 5.09. The Morgan fingerprint density at radius 1 is 1.06 bits per heavy atom.